The maximum Gasteiger partial charge on any atom is 0.255 e. The van der Waals surface area contributed by atoms with Gasteiger partial charge in [-0.2, -0.15) is 16.7 Å². The van der Waals surface area contributed by atoms with Crippen LogP contribution in [-0.4, -0.2) is 27.5 Å². The van der Waals surface area contributed by atoms with E-state index in [1.54, 1.807) is 11.8 Å². The van der Waals surface area contributed by atoms with Gasteiger partial charge in [0.05, 0.1) is 5.75 Å². The van der Waals surface area contributed by atoms with E-state index in [1.807, 2.05) is 0 Å². The van der Waals surface area contributed by atoms with Gasteiger partial charge in [0.1, 0.15) is 6.10 Å². The number of thioether (sulfide) groups is 1. The first-order valence-electron chi connectivity index (χ1n) is 5.06. The van der Waals surface area contributed by atoms with Crippen LogP contribution in [0.25, 0.3) is 0 Å². The van der Waals surface area contributed by atoms with E-state index in [0.717, 1.165) is 17.9 Å². The summed E-state index contributed by atoms with van der Waals surface area (Å²) in [5.41, 5.74) is 5.32. The first-order chi connectivity index (χ1) is 7.27. The maximum absolute atomic E-state index is 9.52. The molecule has 0 radical (unpaired) electrons. The second-order valence-corrected chi connectivity index (χ2v) is 4.30. The van der Waals surface area contributed by atoms with Crippen molar-refractivity contribution in [3.63, 3.8) is 0 Å². The summed E-state index contributed by atoms with van der Waals surface area (Å²) in [5, 5.41) is 13.3. The van der Waals surface area contributed by atoms with Crippen LogP contribution in [0.5, 0.6) is 0 Å². The monoisotopic (exact) mass is 231 g/mol. The number of nitrogens with two attached hydrogens (primary N) is 1. The topological polar surface area (TPSA) is 85.2 Å². The van der Waals surface area contributed by atoms with Gasteiger partial charge < -0.3 is 15.4 Å². The molecule has 6 heteroatoms. The Balaban J connectivity index is 2.41. The van der Waals surface area contributed by atoms with E-state index in [4.69, 9.17) is 10.3 Å². The van der Waals surface area contributed by atoms with Crippen LogP contribution in [0.4, 0.5) is 0 Å². The zero-order valence-electron chi connectivity index (χ0n) is 8.85. The van der Waals surface area contributed by atoms with Gasteiger partial charge in [-0.25, -0.2) is 0 Å². The molecule has 0 saturated carbocycles. The average Bonchev–Trinajstić information content (AvgIpc) is 2.67. The van der Waals surface area contributed by atoms with Crippen LogP contribution in [0, 0.1) is 0 Å². The van der Waals surface area contributed by atoms with E-state index in [2.05, 4.69) is 17.1 Å². The third kappa shape index (κ3) is 4.19. The van der Waals surface area contributed by atoms with E-state index >= 15 is 0 Å². The summed E-state index contributed by atoms with van der Waals surface area (Å²) in [4.78, 5) is 4.10. The van der Waals surface area contributed by atoms with Gasteiger partial charge in [-0.1, -0.05) is 12.1 Å². The van der Waals surface area contributed by atoms with Gasteiger partial charge in [0, 0.05) is 0 Å². The van der Waals surface area contributed by atoms with Crippen molar-refractivity contribution >= 4 is 11.8 Å². The molecule has 5 nitrogen and oxygen atoms in total. The molecule has 1 heterocycles. The Hall–Kier alpha value is -0.590. The van der Waals surface area contributed by atoms with Gasteiger partial charge in [0.2, 0.25) is 0 Å². The minimum atomic E-state index is -0.729. The molecule has 1 atom stereocenters. The van der Waals surface area contributed by atoms with Crippen LogP contribution < -0.4 is 5.73 Å². The first kappa shape index (κ1) is 12.5. The summed E-state index contributed by atoms with van der Waals surface area (Å²) in [6.45, 7) is 2.53. The lowest BCUT2D eigenvalue weighted by atomic mass is 10.2. The first-order valence-corrected chi connectivity index (χ1v) is 6.21. The molecule has 0 aromatic carbocycles. The molecule has 0 saturated heterocycles. The molecule has 0 aliphatic carbocycles. The summed E-state index contributed by atoms with van der Waals surface area (Å²) in [5.74, 6) is 2.72. The maximum atomic E-state index is 9.52. The molecular formula is C9H17N3O2S. The lowest BCUT2D eigenvalue weighted by Gasteiger charge is -2.00. The summed E-state index contributed by atoms with van der Waals surface area (Å²) in [6, 6.07) is 0. The Bertz CT molecular complexity index is 280. The normalized spacial score (nSPS) is 13.0. The molecular weight excluding hydrogens is 214 g/mol. The van der Waals surface area contributed by atoms with Crippen molar-refractivity contribution in [2.24, 2.45) is 5.73 Å². The number of hydrogen-bond donors (Lipinski definition) is 2. The largest absolute Gasteiger partial charge is 0.383 e. The van der Waals surface area contributed by atoms with Crippen LogP contribution in [0.2, 0.25) is 0 Å². The molecule has 0 aliphatic heterocycles. The Morgan fingerprint density at radius 3 is 3.07 bits per heavy atom. The van der Waals surface area contributed by atoms with Crippen molar-refractivity contribution in [1.82, 2.24) is 10.1 Å². The number of hydrogen-bond acceptors (Lipinski definition) is 6. The SMILES string of the molecule is CCCSCc1noc(C(O)CCN)n1. The van der Waals surface area contributed by atoms with E-state index < -0.39 is 6.10 Å². The number of aromatic nitrogens is 2. The van der Waals surface area contributed by atoms with Crippen molar-refractivity contribution in [2.75, 3.05) is 12.3 Å². The molecule has 0 bridgehead atoms. The Morgan fingerprint density at radius 2 is 2.40 bits per heavy atom. The van der Waals surface area contributed by atoms with Crippen LogP contribution in [0.1, 0.15) is 37.6 Å². The number of aliphatic hydroxyl groups excluding tert-OH is 1. The molecule has 1 rings (SSSR count). The molecule has 0 amide bonds. The van der Waals surface area contributed by atoms with Crippen molar-refractivity contribution in [3.05, 3.63) is 11.7 Å². The smallest absolute Gasteiger partial charge is 0.255 e. The second kappa shape index (κ2) is 6.81. The molecule has 15 heavy (non-hydrogen) atoms. The summed E-state index contributed by atoms with van der Waals surface area (Å²) in [6.07, 6.45) is 0.849. The minimum absolute atomic E-state index is 0.271. The molecule has 86 valence electrons. The van der Waals surface area contributed by atoms with Crippen molar-refractivity contribution in [2.45, 2.75) is 31.6 Å². The van der Waals surface area contributed by atoms with Gasteiger partial charge in [-0.05, 0) is 25.1 Å². The zero-order chi connectivity index (χ0) is 11.1. The summed E-state index contributed by atoms with van der Waals surface area (Å²) in [7, 11) is 0. The highest BCUT2D eigenvalue weighted by Crippen LogP contribution is 2.16. The van der Waals surface area contributed by atoms with Crippen molar-refractivity contribution < 1.29 is 9.63 Å². The third-order valence-electron chi connectivity index (χ3n) is 1.79. The number of aliphatic hydroxyl groups is 1. The van der Waals surface area contributed by atoms with Gasteiger partial charge in [-0.3, -0.25) is 0 Å². The van der Waals surface area contributed by atoms with Gasteiger partial charge in [0.25, 0.3) is 5.89 Å². The lowest BCUT2D eigenvalue weighted by Crippen LogP contribution is -2.06. The standard InChI is InChI=1S/C9H17N3O2S/c1-2-5-15-6-8-11-9(14-12-8)7(13)3-4-10/h7,13H,2-6,10H2,1H3. The minimum Gasteiger partial charge on any atom is -0.383 e. The van der Waals surface area contributed by atoms with Gasteiger partial charge in [-0.15, -0.1) is 0 Å². The predicted molar refractivity (Wildman–Crippen MR) is 59.4 cm³/mol. The second-order valence-electron chi connectivity index (χ2n) is 3.19. The highest BCUT2D eigenvalue weighted by Gasteiger charge is 2.14. The van der Waals surface area contributed by atoms with E-state index in [1.165, 1.54) is 0 Å². The third-order valence-corrected chi connectivity index (χ3v) is 2.95. The Morgan fingerprint density at radius 1 is 1.60 bits per heavy atom. The highest BCUT2D eigenvalue weighted by molar-refractivity contribution is 7.98. The molecule has 1 unspecified atom stereocenters. The van der Waals surface area contributed by atoms with Crippen LogP contribution >= 0.6 is 11.8 Å². The van der Waals surface area contributed by atoms with Crippen molar-refractivity contribution in [1.29, 1.82) is 0 Å². The molecule has 0 fully saturated rings. The Kier molecular flexibility index (Phi) is 5.67. The van der Waals surface area contributed by atoms with E-state index in [0.29, 0.717) is 18.8 Å². The lowest BCUT2D eigenvalue weighted by molar-refractivity contribution is 0.127. The molecule has 0 aliphatic rings. The Labute approximate surface area is 93.4 Å². The van der Waals surface area contributed by atoms with E-state index in [-0.39, 0.29) is 5.89 Å². The molecule has 0 spiro atoms. The summed E-state index contributed by atoms with van der Waals surface area (Å²) < 4.78 is 4.93. The fourth-order valence-electron chi connectivity index (χ4n) is 1.05. The fourth-order valence-corrected chi connectivity index (χ4v) is 1.78. The van der Waals surface area contributed by atoms with E-state index in [9.17, 15) is 5.11 Å². The number of rotatable bonds is 7. The molecule has 1 aromatic rings. The van der Waals surface area contributed by atoms with Gasteiger partial charge >= 0.3 is 0 Å². The van der Waals surface area contributed by atoms with Crippen LogP contribution in [0.15, 0.2) is 4.52 Å². The quantitative estimate of drug-likeness (QED) is 0.683. The van der Waals surface area contributed by atoms with Crippen molar-refractivity contribution in [3.8, 4) is 0 Å². The molecule has 1 aromatic heterocycles. The van der Waals surface area contributed by atoms with Crippen LogP contribution in [-0.2, 0) is 5.75 Å². The number of nitrogens with zero attached hydrogens (tertiary/aromatic N) is 2. The summed E-state index contributed by atoms with van der Waals surface area (Å²) >= 11 is 1.75. The van der Waals surface area contributed by atoms with Gasteiger partial charge in [0.15, 0.2) is 5.82 Å². The van der Waals surface area contributed by atoms with Crippen LogP contribution in [0.3, 0.4) is 0 Å². The fraction of sp³-hybridized carbons (Fsp3) is 0.778. The highest BCUT2D eigenvalue weighted by atomic mass is 32.2. The average molecular weight is 231 g/mol. The predicted octanol–water partition coefficient (Wildman–Crippen LogP) is 1.09. The molecule has 3 N–H and O–H groups in total. The zero-order valence-corrected chi connectivity index (χ0v) is 9.66.